The molecule has 53 heavy (non-hydrogen) atoms. The molecular formula is C51H38N2. The highest BCUT2D eigenvalue weighted by Crippen LogP contribution is 2.51. The van der Waals surface area contributed by atoms with Crippen molar-refractivity contribution in [1.82, 2.24) is 4.57 Å². The number of nitrogens with zero attached hydrogens (tertiary/aromatic N) is 2. The van der Waals surface area contributed by atoms with Crippen LogP contribution >= 0.6 is 0 Å². The van der Waals surface area contributed by atoms with E-state index in [4.69, 9.17) is 0 Å². The first-order chi connectivity index (χ1) is 26.1. The van der Waals surface area contributed by atoms with E-state index in [0.717, 1.165) is 22.7 Å². The van der Waals surface area contributed by atoms with Gasteiger partial charge < -0.3 is 9.47 Å². The van der Waals surface area contributed by atoms with Gasteiger partial charge in [0.05, 0.1) is 11.0 Å². The van der Waals surface area contributed by atoms with Crippen molar-refractivity contribution in [2.75, 3.05) is 4.90 Å². The molecule has 0 saturated heterocycles. The monoisotopic (exact) mass is 678 g/mol. The van der Waals surface area contributed by atoms with Crippen LogP contribution in [-0.4, -0.2) is 4.57 Å². The SMILES string of the molecule is CC1(C)c2ccccc2-c2ccc(N(c3ccc(-c4ccccc4)c(-c4ccccc4)c3)c3ccc4c5ccccc5n(-c5ccccc5)c4c3)cc21. The van der Waals surface area contributed by atoms with Crippen LogP contribution in [0.25, 0.3) is 60.9 Å². The van der Waals surface area contributed by atoms with E-state index in [2.05, 4.69) is 217 Å². The van der Waals surface area contributed by atoms with Crippen LogP contribution in [0.2, 0.25) is 0 Å². The summed E-state index contributed by atoms with van der Waals surface area (Å²) in [5.74, 6) is 0. The van der Waals surface area contributed by atoms with Gasteiger partial charge in [-0.1, -0.05) is 153 Å². The maximum atomic E-state index is 2.45. The molecule has 10 rings (SSSR count). The van der Waals surface area contributed by atoms with E-state index in [1.54, 1.807) is 0 Å². The molecule has 8 aromatic carbocycles. The third-order valence-electron chi connectivity index (χ3n) is 11.2. The summed E-state index contributed by atoms with van der Waals surface area (Å²) >= 11 is 0. The lowest BCUT2D eigenvalue weighted by Gasteiger charge is -2.29. The Morgan fingerprint density at radius 3 is 1.66 bits per heavy atom. The van der Waals surface area contributed by atoms with E-state index >= 15 is 0 Å². The Morgan fingerprint density at radius 1 is 0.377 bits per heavy atom. The third-order valence-corrected chi connectivity index (χ3v) is 11.2. The predicted octanol–water partition coefficient (Wildman–Crippen LogP) is 13.9. The minimum atomic E-state index is -0.121. The van der Waals surface area contributed by atoms with Gasteiger partial charge in [0.1, 0.15) is 0 Å². The highest BCUT2D eigenvalue weighted by molar-refractivity contribution is 6.10. The molecule has 2 nitrogen and oxygen atoms in total. The van der Waals surface area contributed by atoms with E-state index < -0.39 is 0 Å². The Hall–Kier alpha value is -6.64. The van der Waals surface area contributed by atoms with Crippen LogP contribution in [-0.2, 0) is 5.41 Å². The molecule has 0 aliphatic heterocycles. The van der Waals surface area contributed by atoms with Crippen LogP contribution < -0.4 is 4.90 Å². The number of rotatable bonds is 6. The van der Waals surface area contributed by atoms with Crippen LogP contribution in [0, 0.1) is 0 Å². The summed E-state index contributed by atoms with van der Waals surface area (Å²) in [6, 6.07) is 70.9. The quantitative estimate of drug-likeness (QED) is 0.170. The normalized spacial score (nSPS) is 12.9. The molecule has 1 aliphatic rings. The number of hydrogen-bond donors (Lipinski definition) is 0. The highest BCUT2D eigenvalue weighted by Gasteiger charge is 2.35. The van der Waals surface area contributed by atoms with Gasteiger partial charge in [-0.05, 0) is 99.1 Å². The zero-order valence-electron chi connectivity index (χ0n) is 29.9. The molecule has 0 bridgehead atoms. The second-order valence-corrected chi connectivity index (χ2v) is 14.6. The number of anilines is 3. The number of fused-ring (bicyclic) bond motifs is 6. The molecule has 0 atom stereocenters. The first-order valence-corrected chi connectivity index (χ1v) is 18.4. The molecule has 0 fully saturated rings. The van der Waals surface area contributed by atoms with E-state index in [1.807, 2.05) is 0 Å². The Kier molecular flexibility index (Phi) is 7.19. The topological polar surface area (TPSA) is 8.17 Å². The summed E-state index contributed by atoms with van der Waals surface area (Å²) in [4.78, 5) is 2.45. The lowest BCUT2D eigenvalue weighted by atomic mass is 9.82. The molecule has 0 spiro atoms. The molecule has 1 aromatic heterocycles. The molecule has 9 aromatic rings. The summed E-state index contributed by atoms with van der Waals surface area (Å²) in [7, 11) is 0. The van der Waals surface area contributed by atoms with Crippen LogP contribution in [0.3, 0.4) is 0 Å². The molecule has 1 aliphatic carbocycles. The van der Waals surface area contributed by atoms with Crippen molar-refractivity contribution in [1.29, 1.82) is 0 Å². The van der Waals surface area contributed by atoms with E-state index in [9.17, 15) is 0 Å². The minimum Gasteiger partial charge on any atom is -0.310 e. The maximum Gasteiger partial charge on any atom is 0.0561 e. The predicted molar refractivity (Wildman–Crippen MR) is 224 cm³/mol. The Morgan fingerprint density at radius 2 is 0.906 bits per heavy atom. The van der Waals surface area contributed by atoms with Crippen molar-refractivity contribution >= 4 is 38.9 Å². The van der Waals surface area contributed by atoms with Crippen LogP contribution in [0.1, 0.15) is 25.0 Å². The number of benzene rings is 8. The minimum absolute atomic E-state index is 0.121. The fraction of sp³-hybridized carbons (Fsp3) is 0.0588. The number of hydrogen-bond acceptors (Lipinski definition) is 1. The number of aromatic nitrogens is 1. The van der Waals surface area contributed by atoms with Crippen molar-refractivity contribution in [2.45, 2.75) is 19.3 Å². The summed E-state index contributed by atoms with van der Waals surface area (Å²) in [6.45, 7) is 4.72. The summed E-state index contributed by atoms with van der Waals surface area (Å²) in [6.07, 6.45) is 0. The fourth-order valence-electron chi connectivity index (χ4n) is 8.63. The van der Waals surface area contributed by atoms with E-state index in [1.165, 1.54) is 66.3 Å². The first kappa shape index (κ1) is 31.1. The smallest absolute Gasteiger partial charge is 0.0561 e. The Bertz CT molecular complexity index is 2790. The second kappa shape index (κ2) is 12.3. The highest BCUT2D eigenvalue weighted by atomic mass is 15.1. The summed E-state index contributed by atoms with van der Waals surface area (Å²) in [5, 5.41) is 2.49. The van der Waals surface area contributed by atoms with Gasteiger partial charge in [0.2, 0.25) is 0 Å². The van der Waals surface area contributed by atoms with E-state index in [-0.39, 0.29) is 5.41 Å². The summed E-state index contributed by atoms with van der Waals surface area (Å²) in [5.41, 5.74) is 17.0. The molecule has 252 valence electrons. The molecule has 0 N–H and O–H groups in total. The van der Waals surface area contributed by atoms with Crippen LogP contribution in [0.5, 0.6) is 0 Å². The molecule has 0 saturated carbocycles. The van der Waals surface area contributed by atoms with Gasteiger partial charge in [0.15, 0.2) is 0 Å². The lowest BCUT2D eigenvalue weighted by Crippen LogP contribution is -2.16. The van der Waals surface area contributed by atoms with Crippen LogP contribution in [0.15, 0.2) is 194 Å². The maximum absolute atomic E-state index is 2.45. The van der Waals surface area contributed by atoms with Crippen molar-refractivity contribution in [3.63, 3.8) is 0 Å². The van der Waals surface area contributed by atoms with Crippen molar-refractivity contribution in [3.05, 3.63) is 205 Å². The van der Waals surface area contributed by atoms with Gasteiger partial charge in [0.25, 0.3) is 0 Å². The Balaban J connectivity index is 1.24. The number of para-hydroxylation sites is 2. The fourth-order valence-corrected chi connectivity index (χ4v) is 8.63. The molecule has 1 heterocycles. The molecule has 0 amide bonds. The van der Waals surface area contributed by atoms with Crippen molar-refractivity contribution in [3.8, 4) is 39.1 Å². The standard InChI is InChI=1S/C51H38N2/c1-51(2)47-24-14-12-22-42(47)43-30-27-39(33-48(43)51)52(38-26-29-41(35-16-6-3-7-17-35)46(32-38)36-18-8-4-9-19-36)40-28-31-45-44-23-13-15-25-49(44)53(50(45)34-40)37-20-10-5-11-21-37/h3-34H,1-2H3. The zero-order valence-corrected chi connectivity index (χ0v) is 29.9. The van der Waals surface area contributed by atoms with Gasteiger partial charge in [-0.3, -0.25) is 0 Å². The second-order valence-electron chi connectivity index (χ2n) is 14.6. The van der Waals surface area contributed by atoms with Gasteiger partial charge in [-0.2, -0.15) is 0 Å². The van der Waals surface area contributed by atoms with Crippen molar-refractivity contribution < 1.29 is 0 Å². The van der Waals surface area contributed by atoms with E-state index in [0.29, 0.717) is 0 Å². The molecule has 0 unspecified atom stereocenters. The summed E-state index contributed by atoms with van der Waals surface area (Å²) < 4.78 is 2.41. The third kappa shape index (κ3) is 5.02. The molecule has 0 radical (unpaired) electrons. The largest absolute Gasteiger partial charge is 0.310 e. The Labute approximate surface area is 310 Å². The zero-order chi connectivity index (χ0) is 35.5. The average molecular weight is 679 g/mol. The molecule has 2 heteroatoms. The lowest BCUT2D eigenvalue weighted by molar-refractivity contribution is 0.660. The van der Waals surface area contributed by atoms with Gasteiger partial charge in [0, 0.05) is 38.9 Å². The average Bonchev–Trinajstić information content (AvgIpc) is 3.67. The van der Waals surface area contributed by atoms with Crippen LogP contribution in [0.4, 0.5) is 17.1 Å². The van der Waals surface area contributed by atoms with Crippen molar-refractivity contribution in [2.24, 2.45) is 0 Å². The first-order valence-electron chi connectivity index (χ1n) is 18.4. The van der Waals surface area contributed by atoms with Gasteiger partial charge in [-0.25, -0.2) is 0 Å². The van der Waals surface area contributed by atoms with Gasteiger partial charge >= 0.3 is 0 Å². The molecular weight excluding hydrogens is 641 g/mol. The van der Waals surface area contributed by atoms with Gasteiger partial charge in [-0.15, -0.1) is 0 Å².